The van der Waals surface area contributed by atoms with Crippen LogP contribution in [0.2, 0.25) is 5.02 Å². The van der Waals surface area contributed by atoms with Crippen LogP contribution in [0.25, 0.3) is 0 Å². The molecule has 1 aliphatic heterocycles. The fraction of sp³-hybridized carbons (Fsp3) is 0.471. The van der Waals surface area contributed by atoms with Crippen molar-refractivity contribution in [3.63, 3.8) is 0 Å². The maximum Gasteiger partial charge on any atom is 0.328 e. The van der Waals surface area contributed by atoms with Gasteiger partial charge in [-0.2, -0.15) is 0 Å². The molecule has 1 fully saturated rings. The molecule has 2 N–H and O–H groups in total. The van der Waals surface area contributed by atoms with Crippen LogP contribution in [-0.4, -0.2) is 53.6 Å². The molecule has 0 spiro atoms. The quantitative estimate of drug-likeness (QED) is 0.831. The Kier molecular flexibility index (Phi) is 6.39. The van der Waals surface area contributed by atoms with Crippen molar-refractivity contribution in [3.8, 4) is 0 Å². The summed E-state index contributed by atoms with van der Waals surface area (Å²) in [6.45, 7) is 4.22. The number of halogens is 1. The Hall–Kier alpha value is -2.12. The van der Waals surface area contributed by atoms with Gasteiger partial charge in [0.1, 0.15) is 0 Å². The molecule has 0 bridgehead atoms. The van der Waals surface area contributed by atoms with E-state index >= 15 is 0 Å². The van der Waals surface area contributed by atoms with Gasteiger partial charge in [-0.25, -0.2) is 4.79 Å². The maximum atomic E-state index is 12.8. The zero-order valence-corrected chi connectivity index (χ0v) is 14.9. The van der Waals surface area contributed by atoms with E-state index in [1.165, 1.54) is 17.0 Å². The first kappa shape index (κ1) is 19.2. The molecule has 2 rings (SSSR count). The van der Waals surface area contributed by atoms with Crippen LogP contribution in [0, 0.1) is 5.92 Å². The number of nitrogens with zero attached hydrogens (tertiary/aromatic N) is 1. The van der Waals surface area contributed by atoms with Gasteiger partial charge >= 0.3 is 5.97 Å². The summed E-state index contributed by atoms with van der Waals surface area (Å²) in [5.74, 6) is -1.59. The third-order valence-electron chi connectivity index (χ3n) is 3.75. The van der Waals surface area contributed by atoms with Gasteiger partial charge in [-0.05, 0) is 24.1 Å². The number of carboxylic acid groups (broad SMARTS) is 1. The largest absolute Gasteiger partial charge is 0.480 e. The van der Waals surface area contributed by atoms with Crippen molar-refractivity contribution in [2.24, 2.45) is 5.92 Å². The molecule has 25 heavy (non-hydrogen) atoms. The average Bonchev–Trinajstić information content (AvgIpc) is 2.55. The van der Waals surface area contributed by atoms with Crippen molar-refractivity contribution in [2.75, 3.05) is 25.1 Å². The molecule has 136 valence electrons. The first-order valence-corrected chi connectivity index (χ1v) is 8.38. The number of carbonyl (C=O) groups is 3. The minimum atomic E-state index is -1.13. The zero-order valence-electron chi connectivity index (χ0n) is 14.1. The summed E-state index contributed by atoms with van der Waals surface area (Å²) in [4.78, 5) is 37.2. The van der Waals surface area contributed by atoms with Crippen molar-refractivity contribution in [3.05, 3.63) is 28.8 Å². The van der Waals surface area contributed by atoms with Crippen LogP contribution in [0.15, 0.2) is 18.2 Å². The first-order chi connectivity index (χ1) is 11.8. The number of nitrogens with one attached hydrogen (secondary N) is 1. The van der Waals surface area contributed by atoms with Crippen LogP contribution in [0.5, 0.6) is 0 Å². The smallest absolute Gasteiger partial charge is 0.328 e. The fourth-order valence-electron chi connectivity index (χ4n) is 2.56. The van der Waals surface area contributed by atoms with Crippen LogP contribution in [0.4, 0.5) is 5.69 Å². The zero-order chi connectivity index (χ0) is 18.6. The number of benzene rings is 1. The molecule has 0 radical (unpaired) electrons. The number of hydrogen-bond donors (Lipinski definition) is 2. The van der Waals surface area contributed by atoms with Gasteiger partial charge in [0, 0.05) is 18.7 Å². The molecule has 1 aromatic rings. The molecule has 1 saturated heterocycles. The number of carbonyl (C=O) groups excluding carboxylic acids is 2. The third kappa shape index (κ3) is 4.93. The molecule has 8 heteroatoms. The molecule has 0 aromatic heterocycles. The average molecular weight is 369 g/mol. The van der Waals surface area contributed by atoms with Crippen LogP contribution in [-0.2, 0) is 14.3 Å². The summed E-state index contributed by atoms with van der Waals surface area (Å²) in [5.41, 5.74) is 0.593. The van der Waals surface area contributed by atoms with E-state index in [1.807, 2.05) is 13.8 Å². The summed E-state index contributed by atoms with van der Waals surface area (Å²) >= 11 is 6.12. The summed E-state index contributed by atoms with van der Waals surface area (Å²) in [6.07, 6.45) is 0.358. The van der Waals surface area contributed by atoms with E-state index in [4.69, 9.17) is 16.3 Å². The fourth-order valence-corrected chi connectivity index (χ4v) is 2.75. The number of morpholine rings is 1. The maximum absolute atomic E-state index is 12.8. The van der Waals surface area contributed by atoms with Gasteiger partial charge in [-0.3, -0.25) is 9.59 Å². The Morgan fingerprint density at radius 3 is 2.76 bits per heavy atom. The van der Waals surface area contributed by atoms with Crippen LogP contribution >= 0.6 is 11.6 Å². The minimum Gasteiger partial charge on any atom is -0.480 e. The van der Waals surface area contributed by atoms with Gasteiger partial charge in [0.15, 0.2) is 6.04 Å². The lowest BCUT2D eigenvalue weighted by Crippen LogP contribution is -2.52. The highest BCUT2D eigenvalue weighted by molar-refractivity contribution is 6.34. The van der Waals surface area contributed by atoms with Crippen molar-refractivity contribution < 1.29 is 24.2 Å². The highest BCUT2D eigenvalue weighted by Gasteiger charge is 2.34. The van der Waals surface area contributed by atoms with E-state index in [0.29, 0.717) is 12.1 Å². The number of ether oxygens (including phenoxy) is 1. The molecular formula is C17H21ClN2O5. The molecular weight excluding hydrogens is 348 g/mol. The number of anilines is 1. The van der Waals surface area contributed by atoms with Crippen molar-refractivity contribution in [1.29, 1.82) is 0 Å². The van der Waals surface area contributed by atoms with Gasteiger partial charge in [-0.15, -0.1) is 0 Å². The predicted molar refractivity (Wildman–Crippen MR) is 92.8 cm³/mol. The monoisotopic (exact) mass is 368 g/mol. The summed E-state index contributed by atoms with van der Waals surface area (Å²) in [7, 11) is 0. The Morgan fingerprint density at radius 1 is 1.40 bits per heavy atom. The molecule has 1 heterocycles. The number of aliphatic carboxylic acids is 1. The molecule has 7 nitrogen and oxygen atoms in total. The van der Waals surface area contributed by atoms with E-state index in [2.05, 4.69) is 5.32 Å². The second-order valence-corrected chi connectivity index (χ2v) is 6.68. The second-order valence-electron chi connectivity index (χ2n) is 6.27. The van der Waals surface area contributed by atoms with Gasteiger partial charge in [-0.1, -0.05) is 25.4 Å². The van der Waals surface area contributed by atoms with Gasteiger partial charge < -0.3 is 20.1 Å². The first-order valence-electron chi connectivity index (χ1n) is 8.00. The van der Waals surface area contributed by atoms with E-state index in [9.17, 15) is 19.5 Å². The Bertz CT molecular complexity index is 677. The predicted octanol–water partition coefficient (Wildman–Crippen LogP) is 2.25. The second kappa shape index (κ2) is 8.31. The van der Waals surface area contributed by atoms with Crippen LogP contribution in [0.3, 0.4) is 0 Å². The number of hydrogen-bond acceptors (Lipinski definition) is 4. The minimum absolute atomic E-state index is 0.0660. The lowest BCUT2D eigenvalue weighted by molar-refractivity contribution is -0.147. The van der Waals surface area contributed by atoms with Crippen LogP contribution < -0.4 is 5.32 Å². The number of rotatable bonds is 5. The Morgan fingerprint density at radius 2 is 2.12 bits per heavy atom. The third-order valence-corrected chi connectivity index (χ3v) is 4.08. The summed E-state index contributed by atoms with van der Waals surface area (Å²) < 4.78 is 5.14. The summed E-state index contributed by atoms with van der Waals surface area (Å²) in [6, 6.07) is 3.52. The molecule has 1 aromatic carbocycles. The number of amides is 2. The van der Waals surface area contributed by atoms with E-state index in [1.54, 1.807) is 6.07 Å². The van der Waals surface area contributed by atoms with Gasteiger partial charge in [0.05, 0.1) is 23.8 Å². The highest BCUT2D eigenvalue weighted by atomic mass is 35.5. The van der Waals surface area contributed by atoms with Gasteiger partial charge in [0.2, 0.25) is 5.91 Å². The van der Waals surface area contributed by atoms with E-state index in [0.717, 1.165) is 0 Å². The normalized spacial score (nSPS) is 17.4. The van der Waals surface area contributed by atoms with Crippen molar-refractivity contribution >= 4 is 35.1 Å². The number of carboxylic acids is 1. The van der Waals surface area contributed by atoms with E-state index in [-0.39, 0.29) is 42.2 Å². The van der Waals surface area contributed by atoms with E-state index < -0.39 is 17.9 Å². The summed E-state index contributed by atoms with van der Waals surface area (Å²) in [5, 5.41) is 12.2. The Labute approximate surface area is 150 Å². The molecule has 1 aliphatic rings. The van der Waals surface area contributed by atoms with Gasteiger partial charge in [0.25, 0.3) is 5.91 Å². The topological polar surface area (TPSA) is 95.9 Å². The Balaban J connectivity index is 2.22. The molecule has 1 unspecified atom stereocenters. The SMILES string of the molecule is CC(C)CC(=O)Nc1ccc(Cl)c(C(=O)N2CCOCC2C(=O)O)c1. The molecule has 0 saturated carbocycles. The van der Waals surface area contributed by atoms with Crippen molar-refractivity contribution in [1.82, 2.24) is 4.90 Å². The van der Waals surface area contributed by atoms with Crippen LogP contribution in [0.1, 0.15) is 30.6 Å². The van der Waals surface area contributed by atoms with Crippen molar-refractivity contribution in [2.45, 2.75) is 26.3 Å². The standard InChI is InChI=1S/C17H21ClN2O5/c1-10(2)7-15(21)19-11-3-4-13(18)12(8-11)16(22)20-5-6-25-9-14(20)17(23)24/h3-4,8,10,14H,5-7,9H2,1-2H3,(H,19,21)(H,23,24). The molecule has 1 atom stereocenters. The lowest BCUT2D eigenvalue weighted by Gasteiger charge is -2.33. The highest BCUT2D eigenvalue weighted by Crippen LogP contribution is 2.24. The lowest BCUT2D eigenvalue weighted by atomic mass is 10.1. The molecule has 2 amide bonds. The molecule has 0 aliphatic carbocycles.